The summed E-state index contributed by atoms with van der Waals surface area (Å²) >= 11 is 0. The van der Waals surface area contributed by atoms with Crippen molar-refractivity contribution in [2.24, 2.45) is 0 Å². The summed E-state index contributed by atoms with van der Waals surface area (Å²) in [6.07, 6.45) is 3.95. The highest BCUT2D eigenvalue weighted by Gasteiger charge is 2.27. The first-order valence-corrected chi connectivity index (χ1v) is 6.61. The quantitative estimate of drug-likeness (QED) is 0.753. The van der Waals surface area contributed by atoms with Gasteiger partial charge in [0.25, 0.3) is 5.91 Å². The number of benzene rings is 1. The molecule has 1 saturated carbocycles. The number of nitrogens with zero attached hydrogens (tertiary/aromatic N) is 1. The molecule has 0 spiro atoms. The molecule has 0 radical (unpaired) electrons. The largest absolute Gasteiger partial charge is 0.506 e. The Balaban J connectivity index is 1.85. The lowest BCUT2D eigenvalue weighted by molar-refractivity contribution is 0.0696. The zero-order chi connectivity index (χ0) is 15.0. The molecule has 0 saturated heterocycles. The number of aromatic carboxylic acids is 1. The number of carboxylic acid groups (broad SMARTS) is 1. The van der Waals surface area contributed by atoms with Crippen LogP contribution in [0.4, 0.5) is 5.69 Å². The average molecular weight is 286 g/mol. The standard InChI is InChI=1S/C15H14N2O4/c18-13-6-3-9(15(20)21)8-11(13)16-14(19)12-2-1-7-17(12)10-4-5-10/h1-3,6-8,10,18H,4-5H2,(H,16,19)(H,20,21). The Morgan fingerprint density at radius 3 is 2.67 bits per heavy atom. The number of carbonyl (C=O) groups is 2. The molecule has 1 aliphatic rings. The van der Waals surface area contributed by atoms with E-state index in [9.17, 15) is 14.7 Å². The van der Waals surface area contributed by atoms with Crippen LogP contribution in [0, 0.1) is 0 Å². The molecular weight excluding hydrogens is 272 g/mol. The van der Waals surface area contributed by atoms with Crippen molar-refractivity contribution >= 4 is 17.6 Å². The van der Waals surface area contributed by atoms with Crippen molar-refractivity contribution < 1.29 is 19.8 Å². The zero-order valence-corrected chi connectivity index (χ0v) is 11.1. The van der Waals surface area contributed by atoms with Gasteiger partial charge in [0, 0.05) is 12.2 Å². The molecule has 2 aromatic rings. The minimum Gasteiger partial charge on any atom is -0.506 e. The van der Waals surface area contributed by atoms with Gasteiger partial charge in [0.1, 0.15) is 11.4 Å². The van der Waals surface area contributed by atoms with E-state index in [-0.39, 0.29) is 22.9 Å². The highest BCUT2D eigenvalue weighted by molar-refractivity contribution is 6.04. The maximum absolute atomic E-state index is 12.3. The van der Waals surface area contributed by atoms with E-state index in [0.717, 1.165) is 12.8 Å². The molecule has 0 bridgehead atoms. The second-order valence-electron chi connectivity index (χ2n) is 5.02. The molecule has 0 atom stereocenters. The van der Waals surface area contributed by atoms with E-state index < -0.39 is 5.97 Å². The van der Waals surface area contributed by atoms with Crippen LogP contribution in [0.2, 0.25) is 0 Å². The lowest BCUT2D eigenvalue weighted by atomic mass is 10.2. The van der Waals surface area contributed by atoms with Gasteiger partial charge in [-0.05, 0) is 43.2 Å². The van der Waals surface area contributed by atoms with Gasteiger partial charge in [0.2, 0.25) is 0 Å². The molecular formula is C15H14N2O4. The van der Waals surface area contributed by atoms with Gasteiger partial charge in [0.05, 0.1) is 11.3 Å². The zero-order valence-electron chi connectivity index (χ0n) is 11.1. The summed E-state index contributed by atoms with van der Waals surface area (Å²) < 4.78 is 1.90. The van der Waals surface area contributed by atoms with E-state index in [1.54, 1.807) is 12.1 Å². The second kappa shape index (κ2) is 4.97. The topological polar surface area (TPSA) is 91.6 Å². The SMILES string of the molecule is O=C(O)c1ccc(O)c(NC(=O)c2cccn2C2CC2)c1. The van der Waals surface area contributed by atoms with E-state index >= 15 is 0 Å². The normalized spacial score (nSPS) is 13.9. The van der Waals surface area contributed by atoms with Crippen molar-refractivity contribution in [3.8, 4) is 5.75 Å². The minimum absolute atomic E-state index is 0.000626. The predicted molar refractivity (Wildman–Crippen MR) is 75.7 cm³/mol. The third-order valence-electron chi connectivity index (χ3n) is 3.44. The Hall–Kier alpha value is -2.76. The van der Waals surface area contributed by atoms with Crippen LogP contribution in [-0.2, 0) is 0 Å². The van der Waals surface area contributed by atoms with E-state index in [1.165, 1.54) is 18.2 Å². The fourth-order valence-corrected chi connectivity index (χ4v) is 2.21. The molecule has 0 unspecified atom stereocenters. The first-order chi connectivity index (χ1) is 10.1. The summed E-state index contributed by atoms with van der Waals surface area (Å²) in [4.78, 5) is 23.2. The molecule has 3 rings (SSSR count). The Bertz CT molecular complexity index is 716. The highest BCUT2D eigenvalue weighted by Crippen LogP contribution is 2.36. The highest BCUT2D eigenvalue weighted by atomic mass is 16.4. The van der Waals surface area contributed by atoms with Gasteiger partial charge in [-0.25, -0.2) is 4.79 Å². The van der Waals surface area contributed by atoms with Crippen LogP contribution in [0.25, 0.3) is 0 Å². The predicted octanol–water partition coefficient (Wildman–Crippen LogP) is 2.48. The summed E-state index contributed by atoms with van der Waals surface area (Å²) in [6, 6.07) is 7.62. The van der Waals surface area contributed by atoms with Crippen LogP contribution >= 0.6 is 0 Å². The molecule has 21 heavy (non-hydrogen) atoms. The molecule has 1 amide bonds. The maximum Gasteiger partial charge on any atom is 0.335 e. The fraction of sp³-hybridized carbons (Fsp3) is 0.200. The third kappa shape index (κ3) is 2.60. The number of phenolic OH excluding ortho intramolecular Hbond substituents is 1. The van der Waals surface area contributed by atoms with E-state index in [1.807, 2.05) is 10.8 Å². The molecule has 1 aromatic heterocycles. The minimum atomic E-state index is -1.12. The number of hydrogen-bond donors (Lipinski definition) is 3. The fourth-order valence-electron chi connectivity index (χ4n) is 2.21. The van der Waals surface area contributed by atoms with Crippen LogP contribution in [0.15, 0.2) is 36.5 Å². The number of carboxylic acids is 1. The van der Waals surface area contributed by atoms with Crippen molar-refractivity contribution in [3.63, 3.8) is 0 Å². The number of nitrogens with one attached hydrogen (secondary N) is 1. The number of carbonyl (C=O) groups excluding carboxylic acids is 1. The Kier molecular flexibility index (Phi) is 3.13. The molecule has 3 N–H and O–H groups in total. The maximum atomic E-state index is 12.3. The van der Waals surface area contributed by atoms with E-state index in [4.69, 9.17) is 5.11 Å². The number of phenols is 1. The Morgan fingerprint density at radius 1 is 1.24 bits per heavy atom. The Labute approximate surface area is 120 Å². The summed E-state index contributed by atoms with van der Waals surface area (Å²) in [5, 5.41) is 21.2. The molecule has 1 fully saturated rings. The lowest BCUT2D eigenvalue weighted by Gasteiger charge is -2.10. The molecule has 1 aromatic carbocycles. The third-order valence-corrected chi connectivity index (χ3v) is 3.44. The van der Waals surface area contributed by atoms with Crippen molar-refractivity contribution in [3.05, 3.63) is 47.8 Å². The number of anilines is 1. The summed E-state index contributed by atoms with van der Waals surface area (Å²) in [6.45, 7) is 0. The van der Waals surface area contributed by atoms with E-state index in [0.29, 0.717) is 11.7 Å². The lowest BCUT2D eigenvalue weighted by Crippen LogP contribution is -2.16. The summed E-state index contributed by atoms with van der Waals surface area (Å²) in [7, 11) is 0. The average Bonchev–Trinajstić information content (AvgIpc) is 3.18. The van der Waals surface area contributed by atoms with Gasteiger partial charge in [0.15, 0.2) is 0 Å². The number of amides is 1. The van der Waals surface area contributed by atoms with Crippen molar-refractivity contribution in [1.82, 2.24) is 4.57 Å². The Morgan fingerprint density at radius 2 is 2.00 bits per heavy atom. The molecule has 6 nitrogen and oxygen atoms in total. The van der Waals surface area contributed by atoms with Gasteiger partial charge in [-0.15, -0.1) is 0 Å². The molecule has 0 aliphatic heterocycles. The van der Waals surface area contributed by atoms with Crippen LogP contribution in [0.1, 0.15) is 39.7 Å². The van der Waals surface area contributed by atoms with Gasteiger partial charge in [-0.1, -0.05) is 0 Å². The first-order valence-electron chi connectivity index (χ1n) is 6.61. The smallest absolute Gasteiger partial charge is 0.335 e. The molecule has 1 aliphatic carbocycles. The number of hydrogen-bond acceptors (Lipinski definition) is 3. The summed E-state index contributed by atoms with van der Waals surface area (Å²) in [5.41, 5.74) is 0.585. The van der Waals surface area contributed by atoms with Crippen molar-refractivity contribution in [2.75, 3.05) is 5.32 Å². The number of rotatable bonds is 4. The monoisotopic (exact) mass is 286 g/mol. The van der Waals surface area contributed by atoms with Gasteiger partial charge < -0.3 is 20.1 Å². The number of aromatic nitrogens is 1. The van der Waals surface area contributed by atoms with Crippen molar-refractivity contribution in [1.29, 1.82) is 0 Å². The second-order valence-corrected chi connectivity index (χ2v) is 5.02. The van der Waals surface area contributed by atoms with E-state index in [2.05, 4.69) is 5.32 Å². The first kappa shape index (κ1) is 13.2. The van der Waals surface area contributed by atoms with Crippen LogP contribution < -0.4 is 5.32 Å². The number of aromatic hydroxyl groups is 1. The molecule has 6 heteroatoms. The van der Waals surface area contributed by atoms with Crippen molar-refractivity contribution in [2.45, 2.75) is 18.9 Å². The summed E-state index contributed by atoms with van der Waals surface area (Å²) in [5.74, 6) is -1.66. The van der Waals surface area contributed by atoms with Gasteiger partial charge in [-0.2, -0.15) is 0 Å². The van der Waals surface area contributed by atoms with Gasteiger partial charge >= 0.3 is 5.97 Å². The molecule has 108 valence electrons. The van der Waals surface area contributed by atoms with Crippen LogP contribution in [-0.4, -0.2) is 26.7 Å². The molecule has 1 heterocycles. The van der Waals surface area contributed by atoms with Crippen LogP contribution in [0.3, 0.4) is 0 Å². The van der Waals surface area contributed by atoms with Crippen LogP contribution in [0.5, 0.6) is 5.75 Å². The van der Waals surface area contributed by atoms with Gasteiger partial charge in [-0.3, -0.25) is 4.79 Å².